The molecule has 0 saturated heterocycles. The molecule has 0 spiro atoms. The van der Waals surface area contributed by atoms with Gasteiger partial charge in [0.1, 0.15) is 0 Å². The van der Waals surface area contributed by atoms with Gasteiger partial charge in [0.25, 0.3) is 0 Å². The number of halogens is 2. The number of benzene rings is 2. The Labute approximate surface area is 109 Å². The minimum absolute atomic E-state index is 0.557. The van der Waals surface area contributed by atoms with Crippen LogP contribution in [0.1, 0.15) is 0 Å². The molecule has 0 aliphatic rings. The minimum atomic E-state index is 0.557. The van der Waals surface area contributed by atoms with E-state index in [1.54, 1.807) is 17.8 Å². The monoisotopic (exact) mass is 269 g/mol. The Balaban J connectivity index is 2.28. The van der Waals surface area contributed by atoms with Crippen LogP contribution in [0.4, 0.5) is 5.69 Å². The summed E-state index contributed by atoms with van der Waals surface area (Å²) >= 11 is 13.4. The average Bonchev–Trinajstić information content (AvgIpc) is 2.27. The smallest absolute Gasteiger partial charge is 0.0603 e. The first kappa shape index (κ1) is 11.6. The molecule has 4 heteroatoms. The molecular formula is C12H9Cl2NS. The summed E-state index contributed by atoms with van der Waals surface area (Å²) in [6.07, 6.45) is 0. The molecule has 2 N–H and O–H groups in total. The van der Waals surface area contributed by atoms with Crippen LogP contribution in [0.25, 0.3) is 0 Å². The van der Waals surface area contributed by atoms with E-state index in [1.165, 1.54) is 0 Å². The predicted octanol–water partition coefficient (Wildman–Crippen LogP) is 4.73. The zero-order valence-corrected chi connectivity index (χ0v) is 10.6. The number of anilines is 1. The maximum Gasteiger partial charge on any atom is 0.0603 e. The number of hydrogen-bond acceptors (Lipinski definition) is 2. The van der Waals surface area contributed by atoms with Gasteiger partial charge in [-0.05, 0) is 30.3 Å². The maximum absolute atomic E-state index is 5.94. The summed E-state index contributed by atoms with van der Waals surface area (Å²) in [5.74, 6) is 0. The Morgan fingerprint density at radius 1 is 0.938 bits per heavy atom. The lowest BCUT2D eigenvalue weighted by Crippen LogP contribution is -1.86. The Bertz CT molecular complexity index is 514. The molecule has 0 aromatic heterocycles. The van der Waals surface area contributed by atoms with Crippen molar-refractivity contribution in [1.29, 1.82) is 0 Å². The van der Waals surface area contributed by atoms with Gasteiger partial charge in [0.05, 0.1) is 10.0 Å². The van der Waals surface area contributed by atoms with Crippen molar-refractivity contribution in [2.45, 2.75) is 9.79 Å². The largest absolute Gasteiger partial charge is 0.398 e. The van der Waals surface area contributed by atoms with Crippen LogP contribution >= 0.6 is 35.0 Å². The van der Waals surface area contributed by atoms with Crippen LogP contribution in [-0.2, 0) is 0 Å². The van der Waals surface area contributed by atoms with Crippen molar-refractivity contribution in [2.24, 2.45) is 0 Å². The molecule has 0 heterocycles. The molecule has 2 aromatic carbocycles. The molecule has 0 unspecified atom stereocenters. The Hall–Kier alpha value is -0.830. The van der Waals surface area contributed by atoms with Crippen molar-refractivity contribution in [3.63, 3.8) is 0 Å². The third-order valence-electron chi connectivity index (χ3n) is 2.04. The Kier molecular flexibility index (Phi) is 3.64. The highest BCUT2D eigenvalue weighted by Crippen LogP contribution is 2.34. The fourth-order valence-electron chi connectivity index (χ4n) is 1.24. The predicted molar refractivity (Wildman–Crippen MR) is 71.4 cm³/mol. The number of nitrogen functional groups attached to an aromatic ring is 1. The van der Waals surface area contributed by atoms with Crippen LogP contribution in [-0.4, -0.2) is 0 Å². The highest BCUT2D eigenvalue weighted by Gasteiger charge is 2.03. The second-order valence-corrected chi connectivity index (χ2v) is 5.15. The zero-order chi connectivity index (χ0) is 11.5. The molecule has 2 rings (SSSR count). The van der Waals surface area contributed by atoms with E-state index in [-0.39, 0.29) is 0 Å². The second-order valence-electron chi connectivity index (χ2n) is 3.22. The normalized spacial score (nSPS) is 10.4. The van der Waals surface area contributed by atoms with Gasteiger partial charge >= 0.3 is 0 Å². The van der Waals surface area contributed by atoms with Crippen LogP contribution in [0, 0.1) is 0 Å². The maximum atomic E-state index is 5.94. The van der Waals surface area contributed by atoms with E-state index in [0.29, 0.717) is 10.0 Å². The summed E-state index contributed by atoms with van der Waals surface area (Å²) in [7, 11) is 0. The molecule has 82 valence electrons. The lowest BCUT2D eigenvalue weighted by atomic mass is 10.3. The van der Waals surface area contributed by atoms with Crippen molar-refractivity contribution in [1.82, 2.24) is 0 Å². The van der Waals surface area contributed by atoms with E-state index in [0.717, 1.165) is 15.5 Å². The summed E-state index contributed by atoms with van der Waals surface area (Å²) in [5, 5.41) is 1.12. The van der Waals surface area contributed by atoms with Crippen LogP contribution in [0.15, 0.2) is 52.3 Å². The fourth-order valence-corrected chi connectivity index (χ4v) is 2.50. The number of hydrogen-bond donors (Lipinski definition) is 1. The standard InChI is InChI=1S/C12H9Cl2NS/c13-9-6-5-8(7-10(9)14)16-12-4-2-1-3-11(12)15/h1-7H,15H2. The zero-order valence-electron chi connectivity index (χ0n) is 8.28. The molecule has 0 atom stereocenters. The SMILES string of the molecule is Nc1ccccc1Sc1ccc(Cl)c(Cl)c1. The first-order valence-electron chi connectivity index (χ1n) is 4.64. The van der Waals surface area contributed by atoms with Gasteiger partial charge in [0, 0.05) is 15.5 Å². The molecule has 0 amide bonds. The lowest BCUT2D eigenvalue weighted by Gasteiger charge is -2.05. The summed E-state index contributed by atoms with van der Waals surface area (Å²) in [4.78, 5) is 2.04. The van der Waals surface area contributed by atoms with Crippen molar-refractivity contribution in [3.05, 3.63) is 52.5 Å². The molecule has 0 aliphatic carbocycles. The number of para-hydroxylation sites is 1. The van der Waals surface area contributed by atoms with Gasteiger partial charge < -0.3 is 5.73 Å². The van der Waals surface area contributed by atoms with E-state index < -0.39 is 0 Å². The van der Waals surface area contributed by atoms with Gasteiger partial charge in [-0.3, -0.25) is 0 Å². The number of nitrogens with two attached hydrogens (primary N) is 1. The molecule has 0 aliphatic heterocycles. The van der Waals surface area contributed by atoms with Gasteiger partial charge in [-0.1, -0.05) is 47.1 Å². The molecule has 0 bridgehead atoms. The summed E-state index contributed by atoms with van der Waals surface area (Å²) in [5.41, 5.74) is 6.62. The third kappa shape index (κ3) is 2.64. The molecule has 1 nitrogen and oxygen atoms in total. The average molecular weight is 270 g/mol. The molecule has 0 fully saturated rings. The lowest BCUT2D eigenvalue weighted by molar-refractivity contribution is 1.41. The molecule has 0 saturated carbocycles. The van der Waals surface area contributed by atoms with Crippen molar-refractivity contribution >= 4 is 40.7 Å². The highest BCUT2D eigenvalue weighted by atomic mass is 35.5. The van der Waals surface area contributed by atoms with E-state index >= 15 is 0 Å². The van der Waals surface area contributed by atoms with E-state index in [9.17, 15) is 0 Å². The van der Waals surface area contributed by atoms with E-state index in [2.05, 4.69) is 0 Å². The number of rotatable bonds is 2. The topological polar surface area (TPSA) is 26.0 Å². The summed E-state index contributed by atoms with van der Waals surface area (Å²) < 4.78 is 0. The van der Waals surface area contributed by atoms with Crippen LogP contribution < -0.4 is 5.73 Å². The molecule has 2 aromatic rings. The molecule has 0 radical (unpaired) electrons. The van der Waals surface area contributed by atoms with Gasteiger partial charge in [-0.25, -0.2) is 0 Å². The van der Waals surface area contributed by atoms with Gasteiger partial charge in [0.15, 0.2) is 0 Å². The van der Waals surface area contributed by atoms with Crippen LogP contribution in [0.2, 0.25) is 10.0 Å². The Morgan fingerprint density at radius 3 is 2.38 bits per heavy atom. The van der Waals surface area contributed by atoms with Crippen molar-refractivity contribution < 1.29 is 0 Å². The van der Waals surface area contributed by atoms with Crippen molar-refractivity contribution in [2.75, 3.05) is 5.73 Å². The van der Waals surface area contributed by atoms with Crippen LogP contribution in [0.3, 0.4) is 0 Å². The second kappa shape index (κ2) is 5.00. The van der Waals surface area contributed by atoms with E-state index in [4.69, 9.17) is 28.9 Å². The van der Waals surface area contributed by atoms with E-state index in [1.807, 2.05) is 36.4 Å². The van der Waals surface area contributed by atoms with Gasteiger partial charge in [-0.2, -0.15) is 0 Å². The molecular weight excluding hydrogens is 261 g/mol. The summed E-state index contributed by atoms with van der Waals surface area (Å²) in [6, 6.07) is 13.3. The third-order valence-corrected chi connectivity index (χ3v) is 3.86. The van der Waals surface area contributed by atoms with Gasteiger partial charge in [-0.15, -0.1) is 0 Å². The summed E-state index contributed by atoms with van der Waals surface area (Å²) in [6.45, 7) is 0. The molecule has 16 heavy (non-hydrogen) atoms. The quantitative estimate of drug-likeness (QED) is 0.798. The Morgan fingerprint density at radius 2 is 1.69 bits per heavy atom. The van der Waals surface area contributed by atoms with Crippen molar-refractivity contribution in [3.8, 4) is 0 Å². The first-order valence-corrected chi connectivity index (χ1v) is 6.21. The first-order chi connectivity index (χ1) is 7.66. The minimum Gasteiger partial charge on any atom is -0.398 e. The van der Waals surface area contributed by atoms with Crippen LogP contribution in [0.5, 0.6) is 0 Å². The highest BCUT2D eigenvalue weighted by molar-refractivity contribution is 7.99. The fraction of sp³-hybridized carbons (Fsp3) is 0. The van der Waals surface area contributed by atoms with Gasteiger partial charge in [0.2, 0.25) is 0 Å².